The Labute approximate surface area is 97.0 Å². The average Bonchev–Trinajstić information content (AvgIpc) is 2.75. The molecule has 1 aromatic heterocycles. The van der Waals surface area contributed by atoms with Crippen molar-refractivity contribution < 1.29 is 4.39 Å². The molecular formula is C12H9FN2S. The number of thiazole rings is 1. The number of aromatic nitrogens is 1. The van der Waals surface area contributed by atoms with Crippen molar-refractivity contribution in [3.8, 4) is 17.3 Å². The largest absolute Gasteiger partial charge is 0.241 e. The fraction of sp³-hybridized carbons (Fsp3) is 0.167. The van der Waals surface area contributed by atoms with Crippen LogP contribution in [0.1, 0.15) is 11.4 Å². The second-order valence-electron chi connectivity index (χ2n) is 3.29. The maximum Gasteiger partial charge on any atom is 0.123 e. The zero-order valence-electron chi connectivity index (χ0n) is 8.48. The molecule has 2 aromatic rings. The van der Waals surface area contributed by atoms with Crippen LogP contribution in [0.3, 0.4) is 0 Å². The van der Waals surface area contributed by atoms with Crippen LogP contribution < -0.4 is 0 Å². The van der Waals surface area contributed by atoms with Crippen LogP contribution in [0.25, 0.3) is 11.3 Å². The van der Waals surface area contributed by atoms with Gasteiger partial charge in [-0.3, -0.25) is 0 Å². The maximum absolute atomic E-state index is 13.0. The van der Waals surface area contributed by atoms with E-state index in [-0.39, 0.29) is 5.82 Å². The van der Waals surface area contributed by atoms with Crippen molar-refractivity contribution in [1.82, 2.24) is 4.98 Å². The third-order valence-corrected chi connectivity index (χ3v) is 3.03. The smallest absolute Gasteiger partial charge is 0.123 e. The topological polar surface area (TPSA) is 36.7 Å². The summed E-state index contributed by atoms with van der Waals surface area (Å²) in [7, 11) is 0. The molecule has 0 fully saturated rings. The molecule has 0 atom stereocenters. The highest BCUT2D eigenvalue weighted by Gasteiger charge is 2.04. The van der Waals surface area contributed by atoms with Crippen molar-refractivity contribution >= 4 is 11.3 Å². The Balaban J connectivity index is 2.22. The van der Waals surface area contributed by atoms with Crippen LogP contribution in [-0.2, 0) is 6.42 Å². The lowest BCUT2D eigenvalue weighted by Gasteiger charge is -1.95. The van der Waals surface area contributed by atoms with Crippen LogP contribution in [0, 0.1) is 17.1 Å². The number of rotatable bonds is 3. The summed E-state index contributed by atoms with van der Waals surface area (Å²) in [6, 6.07) is 8.44. The molecular weight excluding hydrogens is 223 g/mol. The van der Waals surface area contributed by atoms with E-state index in [1.807, 2.05) is 11.4 Å². The monoisotopic (exact) mass is 232 g/mol. The Bertz CT molecular complexity index is 528. The van der Waals surface area contributed by atoms with Gasteiger partial charge in [0.2, 0.25) is 0 Å². The molecule has 1 heterocycles. The highest BCUT2D eigenvalue weighted by atomic mass is 32.1. The predicted octanol–water partition coefficient (Wildman–Crippen LogP) is 3.41. The highest BCUT2D eigenvalue weighted by Crippen LogP contribution is 2.22. The predicted molar refractivity (Wildman–Crippen MR) is 61.4 cm³/mol. The highest BCUT2D eigenvalue weighted by molar-refractivity contribution is 7.09. The summed E-state index contributed by atoms with van der Waals surface area (Å²) in [6.07, 6.45) is 1.13. The first-order valence-corrected chi connectivity index (χ1v) is 5.75. The summed E-state index contributed by atoms with van der Waals surface area (Å²) in [5.41, 5.74) is 1.55. The second-order valence-corrected chi connectivity index (χ2v) is 4.24. The quantitative estimate of drug-likeness (QED) is 0.813. The van der Waals surface area contributed by atoms with E-state index >= 15 is 0 Å². The van der Waals surface area contributed by atoms with Crippen molar-refractivity contribution in [2.45, 2.75) is 12.8 Å². The first-order chi connectivity index (χ1) is 7.79. The molecule has 2 nitrogen and oxygen atoms in total. The van der Waals surface area contributed by atoms with Gasteiger partial charge < -0.3 is 0 Å². The van der Waals surface area contributed by atoms with Gasteiger partial charge in [-0.15, -0.1) is 11.3 Å². The van der Waals surface area contributed by atoms with E-state index in [1.54, 1.807) is 6.07 Å². The van der Waals surface area contributed by atoms with Crippen molar-refractivity contribution in [3.63, 3.8) is 0 Å². The van der Waals surface area contributed by atoms with Gasteiger partial charge >= 0.3 is 0 Å². The Morgan fingerprint density at radius 3 is 3.06 bits per heavy atom. The molecule has 0 amide bonds. The van der Waals surface area contributed by atoms with Gasteiger partial charge in [-0.2, -0.15) is 5.26 Å². The molecule has 0 N–H and O–H groups in total. The minimum atomic E-state index is -0.260. The van der Waals surface area contributed by atoms with Gasteiger partial charge in [0, 0.05) is 23.8 Å². The fourth-order valence-corrected chi connectivity index (χ4v) is 2.18. The van der Waals surface area contributed by atoms with Crippen molar-refractivity contribution in [2.24, 2.45) is 0 Å². The number of nitrogens with zero attached hydrogens (tertiary/aromatic N) is 2. The summed E-state index contributed by atoms with van der Waals surface area (Å²) in [4.78, 5) is 4.36. The van der Waals surface area contributed by atoms with E-state index in [9.17, 15) is 4.39 Å². The zero-order valence-corrected chi connectivity index (χ0v) is 9.30. The standard InChI is InChI=1S/C12H9FN2S/c13-10-4-1-3-9(7-10)11-8-16-12(15-11)5-2-6-14/h1,3-4,7-8H,2,5H2. The molecule has 80 valence electrons. The molecule has 0 unspecified atom stereocenters. The molecule has 0 aliphatic carbocycles. The summed E-state index contributed by atoms with van der Waals surface area (Å²) >= 11 is 1.51. The first-order valence-electron chi connectivity index (χ1n) is 4.87. The van der Waals surface area contributed by atoms with E-state index in [2.05, 4.69) is 11.1 Å². The third-order valence-electron chi connectivity index (χ3n) is 2.12. The fourth-order valence-electron chi connectivity index (χ4n) is 1.37. The maximum atomic E-state index is 13.0. The Hall–Kier alpha value is -1.73. The number of halogens is 1. The minimum absolute atomic E-state index is 0.260. The zero-order chi connectivity index (χ0) is 11.4. The van der Waals surface area contributed by atoms with E-state index in [4.69, 9.17) is 5.26 Å². The van der Waals surface area contributed by atoms with Crippen LogP contribution in [-0.4, -0.2) is 4.98 Å². The number of benzene rings is 1. The van der Waals surface area contributed by atoms with Crippen LogP contribution in [0.5, 0.6) is 0 Å². The summed E-state index contributed by atoms with van der Waals surface area (Å²) in [6.45, 7) is 0. The summed E-state index contributed by atoms with van der Waals surface area (Å²) in [5, 5.41) is 11.3. The van der Waals surface area contributed by atoms with Crippen LogP contribution in [0.15, 0.2) is 29.6 Å². The van der Waals surface area contributed by atoms with Crippen molar-refractivity contribution in [3.05, 3.63) is 40.5 Å². The lowest BCUT2D eigenvalue weighted by Crippen LogP contribution is -1.84. The molecule has 0 radical (unpaired) electrons. The summed E-state index contributed by atoms with van der Waals surface area (Å²) in [5.74, 6) is -0.260. The van der Waals surface area contributed by atoms with E-state index in [0.29, 0.717) is 12.8 Å². The number of hydrogen-bond donors (Lipinski definition) is 0. The number of hydrogen-bond acceptors (Lipinski definition) is 3. The molecule has 2 rings (SSSR count). The number of nitriles is 1. The SMILES string of the molecule is N#CCCc1nc(-c2cccc(F)c2)cs1. The first kappa shape index (κ1) is 10.8. The van der Waals surface area contributed by atoms with Crippen LogP contribution in [0.2, 0.25) is 0 Å². The molecule has 0 bridgehead atoms. The Kier molecular flexibility index (Phi) is 3.28. The van der Waals surface area contributed by atoms with Crippen molar-refractivity contribution in [1.29, 1.82) is 5.26 Å². The van der Waals surface area contributed by atoms with E-state index in [0.717, 1.165) is 16.3 Å². The third kappa shape index (κ3) is 2.44. The lowest BCUT2D eigenvalue weighted by molar-refractivity contribution is 0.628. The normalized spacial score (nSPS) is 10.0. The van der Waals surface area contributed by atoms with Gasteiger partial charge in [0.25, 0.3) is 0 Å². The van der Waals surface area contributed by atoms with Gasteiger partial charge in [0.15, 0.2) is 0 Å². The second kappa shape index (κ2) is 4.86. The van der Waals surface area contributed by atoms with Gasteiger partial charge in [-0.1, -0.05) is 12.1 Å². The molecule has 1 aromatic carbocycles. The van der Waals surface area contributed by atoms with Crippen LogP contribution in [0.4, 0.5) is 4.39 Å². The average molecular weight is 232 g/mol. The lowest BCUT2D eigenvalue weighted by atomic mass is 10.2. The van der Waals surface area contributed by atoms with Crippen molar-refractivity contribution in [2.75, 3.05) is 0 Å². The van der Waals surface area contributed by atoms with E-state index < -0.39 is 0 Å². The van der Waals surface area contributed by atoms with Gasteiger partial charge in [0.1, 0.15) is 5.82 Å². The molecule has 4 heteroatoms. The van der Waals surface area contributed by atoms with Gasteiger partial charge in [0.05, 0.1) is 16.8 Å². The van der Waals surface area contributed by atoms with Gasteiger partial charge in [-0.05, 0) is 12.1 Å². The van der Waals surface area contributed by atoms with Gasteiger partial charge in [-0.25, -0.2) is 9.37 Å². The van der Waals surface area contributed by atoms with E-state index in [1.165, 1.54) is 23.5 Å². The molecule has 16 heavy (non-hydrogen) atoms. The summed E-state index contributed by atoms with van der Waals surface area (Å²) < 4.78 is 13.0. The molecule has 0 spiro atoms. The minimum Gasteiger partial charge on any atom is -0.241 e. The Morgan fingerprint density at radius 1 is 1.44 bits per heavy atom. The van der Waals surface area contributed by atoms with Crippen LogP contribution >= 0.6 is 11.3 Å². The molecule has 0 saturated carbocycles. The molecule has 0 aliphatic rings. The molecule has 0 aliphatic heterocycles. The number of aryl methyl sites for hydroxylation is 1. The molecule has 0 saturated heterocycles. The Morgan fingerprint density at radius 2 is 2.31 bits per heavy atom.